The van der Waals surface area contributed by atoms with Crippen LogP contribution in [0.4, 0.5) is 13.2 Å². The summed E-state index contributed by atoms with van der Waals surface area (Å²) in [5, 5.41) is 12.6. The molecular formula is C19H21F3N2O3. The molecule has 0 aromatic heterocycles. The number of ether oxygens (including phenoxy) is 2. The molecule has 0 saturated carbocycles. The second kappa shape index (κ2) is 8.44. The highest BCUT2D eigenvalue weighted by atomic mass is 19.4. The molecule has 1 aliphatic rings. The van der Waals surface area contributed by atoms with E-state index in [-0.39, 0.29) is 24.4 Å². The summed E-state index contributed by atoms with van der Waals surface area (Å²) >= 11 is 0. The van der Waals surface area contributed by atoms with Crippen molar-refractivity contribution < 1.29 is 27.4 Å². The number of alkyl halides is 3. The summed E-state index contributed by atoms with van der Waals surface area (Å²) in [4.78, 5) is 12.6. The molecule has 0 radical (unpaired) electrons. The second-order valence-electron chi connectivity index (χ2n) is 6.32. The molecular weight excluding hydrogens is 361 g/mol. The Bertz CT molecular complexity index is 768. The molecule has 1 heterocycles. The van der Waals surface area contributed by atoms with Crippen LogP contribution >= 0.6 is 0 Å². The maximum atomic E-state index is 13.6. The average Bonchev–Trinajstić information content (AvgIpc) is 2.60. The van der Waals surface area contributed by atoms with Gasteiger partial charge in [-0.2, -0.15) is 18.4 Å². The third kappa shape index (κ3) is 4.42. The second-order valence-corrected chi connectivity index (χ2v) is 6.32. The van der Waals surface area contributed by atoms with Gasteiger partial charge in [-0.15, -0.1) is 0 Å². The lowest BCUT2D eigenvalue weighted by Crippen LogP contribution is -2.43. The molecule has 3 unspecified atom stereocenters. The number of nitrogens with zero attached hydrogens (tertiary/aromatic N) is 1. The zero-order valence-electron chi connectivity index (χ0n) is 15.3. The third-order valence-corrected chi connectivity index (χ3v) is 4.55. The zero-order valence-corrected chi connectivity index (χ0v) is 15.3. The molecule has 1 aromatic rings. The van der Waals surface area contributed by atoms with Crippen LogP contribution in [0.3, 0.4) is 0 Å². The number of methoxy groups -OCH3 is 1. The number of esters is 1. The van der Waals surface area contributed by atoms with Gasteiger partial charge in [0.05, 0.1) is 29.7 Å². The molecule has 1 N–H and O–H groups in total. The molecule has 146 valence electrons. The predicted octanol–water partition coefficient (Wildman–Crippen LogP) is 3.38. The van der Waals surface area contributed by atoms with Crippen LogP contribution in [0.2, 0.25) is 0 Å². The standard InChI is InChI=1S/C19H21F3N2O3/c1-11-14(10-23)17(13-6-4-5-7-15(13)19(20,21)22)16(12(2)24-11)18(25)27-9-8-26-3/h4-7,11,14,17,24H,8-9H2,1-3H3. The van der Waals surface area contributed by atoms with E-state index in [1.165, 1.54) is 25.3 Å². The first-order chi connectivity index (χ1) is 12.7. The summed E-state index contributed by atoms with van der Waals surface area (Å²) in [6.45, 7) is 3.42. The lowest BCUT2D eigenvalue weighted by Gasteiger charge is -2.37. The van der Waals surface area contributed by atoms with Gasteiger partial charge in [-0.05, 0) is 25.5 Å². The minimum atomic E-state index is -4.61. The Morgan fingerprint density at radius 2 is 1.96 bits per heavy atom. The van der Waals surface area contributed by atoms with Crippen molar-refractivity contribution in [1.29, 1.82) is 5.26 Å². The molecule has 5 nitrogen and oxygen atoms in total. The van der Waals surface area contributed by atoms with Gasteiger partial charge < -0.3 is 14.8 Å². The number of nitrogens with one attached hydrogen (secondary N) is 1. The van der Waals surface area contributed by atoms with Crippen molar-refractivity contribution >= 4 is 5.97 Å². The Morgan fingerprint density at radius 1 is 1.30 bits per heavy atom. The highest BCUT2D eigenvalue weighted by molar-refractivity contribution is 5.91. The van der Waals surface area contributed by atoms with E-state index in [1.807, 2.05) is 0 Å². The van der Waals surface area contributed by atoms with Gasteiger partial charge in [0.2, 0.25) is 0 Å². The molecule has 0 fully saturated rings. The fourth-order valence-electron chi connectivity index (χ4n) is 3.35. The van der Waals surface area contributed by atoms with Crippen molar-refractivity contribution in [2.45, 2.75) is 32.0 Å². The number of benzene rings is 1. The number of carbonyl (C=O) groups is 1. The number of rotatable bonds is 5. The van der Waals surface area contributed by atoms with E-state index in [9.17, 15) is 23.2 Å². The summed E-state index contributed by atoms with van der Waals surface area (Å²) < 4.78 is 50.7. The van der Waals surface area contributed by atoms with Crippen molar-refractivity contribution in [3.8, 4) is 6.07 Å². The number of allylic oxidation sites excluding steroid dienone is 1. The van der Waals surface area contributed by atoms with E-state index in [2.05, 4.69) is 11.4 Å². The predicted molar refractivity (Wildman–Crippen MR) is 91.4 cm³/mol. The first-order valence-electron chi connectivity index (χ1n) is 8.41. The minimum Gasteiger partial charge on any atom is -0.460 e. The highest BCUT2D eigenvalue weighted by Crippen LogP contribution is 2.44. The van der Waals surface area contributed by atoms with Crippen molar-refractivity contribution in [3.63, 3.8) is 0 Å². The van der Waals surface area contributed by atoms with Gasteiger partial charge >= 0.3 is 12.1 Å². The van der Waals surface area contributed by atoms with Crippen LogP contribution in [0.5, 0.6) is 0 Å². The van der Waals surface area contributed by atoms with Crippen LogP contribution in [0.25, 0.3) is 0 Å². The summed E-state index contributed by atoms with van der Waals surface area (Å²) in [6.07, 6.45) is -4.61. The maximum Gasteiger partial charge on any atom is 0.416 e. The van der Waals surface area contributed by atoms with Crippen LogP contribution in [-0.2, 0) is 20.4 Å². The molecule has 0 spiro atoms. The van der Waals surface area contributed by atoms with Crippen LogP contribution in [0.1, 0.15) is 30.9 Å². The van der Waals surface area contributed by atoms with Crippen LogP contribution in [0.15, 0.2) is 35.5 Å². The Labute approximate surface area is 155 Å². The van der Waals surface area contributed by atoms with Gasteiger partial charge in [-0.25, -0.2) is 4.79 Å². The van der Waals surface area contributed by atoms with Crippen LogP contribution < -0.4 is 5.32 Å². The molecule has 2 rings (SSSR count). The summed E-state index contributed by atoms with van der Waals surface area (Å²) in [7, 11) is 1.44. The fourth-order valence-corrected chi connectivity index (χ4v) is 3.35. The van der Waals surface area contributed by atoms with Gasteiger partial charge in [0, 0.05) is 24.8 Å². The molecule has 3 atom stereocenters. The monoisotopic (exact) mass is 382 g/mol. The normalized spacial score (nSPS) is 22.8. The van der Waals surface area contributed by atoms with E-state index in [0.29, 0.717) is 5.70 Å². The van der Waals surface area contributed by atoms with E-state index in [4.69, 9.17) is 9.47 Å². The molecule has 1 aromatic carbocycles. The molecule has 0 bridgehead atoms. The average molecular weight is 382 g/mol. The zero-order chi connectivity index (χ0) is 20.2. The number of carbonyl (C=O) groups excluding carboxylic acids is 1. The number of halogens is 3. The van der Waals surface area contributed by atoms with Gasteiger partial charge in [0.15, 0.2) is 0 Å². The molecule has 0 aliphatic carbocycles. The Balaban J connectivity index is 2.59. The van der Waals surface area contributed by atoms with E-state index >= 15 is 0 Å². The summed E-state index contributed by atoms with van der Waals surface area (Å²) in [6, 6.07) is 6.64. The largest absolute Gasteiger partial charge is 0.460 e. The first-order valence-corrected chi connectivity index (χ1v) is 8.41. The smallest absolute Gasteiger partial charge is 0.416 e. The van der Waals surface area contributed by atoms with Gasteiger partial charge in [-0.3, -0.25) is 0 Å². The maximum absolute atomic E-state index is 13.6. The SMILES string of the molecule is COCCOC(=O)C1=C(C)NC(C)C(C#N)C1c1ccccc1C(F)(F)F. The third-order valence-electron chi connectivity index (χ3n) is 4.55. The Kier molecular flexibility index (Phi) is 6.50. The Hall–Kier alpha value is -2.53. The molecule has 0 saturated heterocycles. The topological polar surface area (TPSA) is 71.3 Å². The molecule has 1 aliphatic heterocycles. The van der Waals surface area contributed by atoms with Crippen molar-refractivity contribution in [3.05, 3.63) is 46.7 Å². The van der Waals surface area contributed by atoms with Crippen LogP contribution in [-0.4, -0.2) is 32.3 Å². The lowest BCUT2D eigenvalue weighted by molar-refractivity contribution is -0.142. The van der Waals surface area contributed by atoms with Gasteiger partial charge in [0.1, 0.15) is 6.61 Å². The van der Waals surface area contributed by atoms with E-state index < -0.39 is 35.6 Å². The van der Waals surface area contributed by atoms with Crippen molar-refractivity contribution in [2.24, 2.45) is 5.92 Å². The quantitative estimate of drug-likeness (QED) is 0.624. The Morgan fingerprint density at radius 3 is 2.56 bits per heavy atom. The van der Waals surface area contributed by atoms with Crippen LogP contribution in [0, 0.1) is 17.2 Å². The van der Waals surface area contributed by atoms with Crippen molar-refractivity contribution in [1.82, 2.24) is 5.32 Å². The number of hydrogen-bond acceptors (Lipinski definition) is 5. The van der Waals surface area contributed by atoms with E-state index in [0.717, 1.165) is 6.07 Å². The molecule has 0 amide bonds. The molecule has 8 heteroatoms. The summed E-state index contributed by atoms with van der Waals surface area (Å²) in [5.41, 5.74) is -0.534. The van der Waals surface area contributed by atoms with Gasteiger partial charge in [0.25, 0.3) is 0 Å². The number of nitriles is 1. The minimum absolute atomic E-state index is 0.0347. The lowest BCUT2D eigenvalue weighted by atomic mass is 9.73. The van der Waals surface area contributed by atoms with Crippen molar-refractivity contribution in [2.75, 3.05) is 20.3 Å². The molecule has 27 heavy (non-hydrogen) atoms. The van der Waals surface area contributed by atoms with Gasteiger partial charge in [-0.1, -0.05) is 18.2 Å². The highest BCUT2D eigenvalue weighted by Gasteiger charge is 2.44. The summed E-state index contributed by atoms with van der Waals surface area (Å²) in [5.74, 6) is -2.69. The fraction of sp³-hybridized carbons (Fsp3) is 0.474. The number of hydrogen-bond donors (Lipinski definition) is 1. The van der Waals surface area contributed by atoms with E-state index in [1.54, 1.807) is 13.8 Å². The first kappa shape index (κ1) is 20.8.